The van der Waals surface area contributed by atoms with Crippen LogP contribution in [0.5, 0.6) is 0 Å². The van der Waals surface area contributed by atoms with Gasteiger partial charge in [-0.3, -0.25) is 15.0 Å². The molecule has 1 heterocycles. The standard InChI is InChI=1S/C15H23N3O2.ClH/c1-11(2)14-5-4-13(8-15(14)18(19)20)10-17-7-6-16-12(3)9-17;/h4-5,8,11-12,16H,6-7,9-10H2,1-3H3;1H/t12-;/m0./s1. The molecule has 0 bridgehead atoms. The number of piperazine rings is 1. The quantitative estimate of drug-likeness (QED) is 0.686. The normalized spacial score (nSPS) is 19.3. The highest BCUT2D eigenvalue weighted by atomic mass is 35.5. The van der Waals surface area contributed by atoms with Crippen molar-refractivity contribution in [2.75, 3.05) is 19.6 Å². The van der Waals surface area contributed by atoms with Crippen molar-refractivity contribution >= 4 is 18.1 Å². The molecule has 0 radical (unpaired) electrons. The number of hydrogen-bond acceptors (Lipinski definition) is 4. The van der Waals surface area contributed by atoms with Gasteiger partial charge >= 0.3 is 0 Å². The molecule has 2 rings (SSSR count). The number of nitrogens with one attached hydrogen (secondary N) is 1. The number of benzene rings is 1. The molecule has 1 aliphatic heterocycles. The SMILES string of the molecule is CC(C)c1ccc(CN2CCN[C@@H](C)C2)cc1[N+](=O)[O-].Cl. The Balaban J connectivity index is 0.00000220. The zero-order valence-electron chi connectivity index (χ0n) is 12.8. The van der Waals surface area contributed by atoms with Crippen molar-refractivity contribution in [3.05, 3.63) is 39.4 Å². The smallest absolute Gasteiger partial charge is 0.273 e. The van der Waals surface area contributed by atoms with E-state index in [2.05, 4.69) is 17.1 Å². The van der Waals surface area contributed by atoms with Crippen LogP contribution in [0.15, 0.2) is 18.2 Å². The van der Waals surface area contributed by atoms with Gasteiger partial charge in [-0.25, -0.2) is 0 Å². The van der Waals surface area contributed by atoms with Gasteiger partial charge in [0.1, 0.15) is 0 Å². The summed E-state index contributed by atoms with van der Waals surface area (Å²) in [6, 6.07) is 6.15. The molecule has 0 amide bonds. The predicted molar refractivity (Wildman–Crippen MR) is 87.2 cm³/mol. The largest absolute Gasteiger partial charge is 0.312 e. The summed E-state index contributed by atoms with van der Waals surface area (Å²) in [5, 5.41) is 14.6. The molecule has 1 aliphatic rings. The Hall–Kier alpha value is -1.17. The van der Waals surface area contributed by atoms with E-state index in [-0.39, 0.29) is 28.9 Å². The first kappa shape index (κ1) is 17.9. The fraction of sp³-hybridized carbons (Fsp3) is 0.600. The van der Waals surface area contributed by atoms with E-state index < -0.39 is 0 Å². The van der Waals surface area contributed by atoms with E-state index in [1.165, 1.54) is 0 Å². The summed E-state index contributed by atoms with van der Waals surface area (Å²) in [5.74, 6) is 0.170. The Morgan fingerprint density at radius 2 is 2.19 bits per heavy atom. The monoisotopic (exact) mass is 313 g/mol. The van der Waals surface area contributed by atoms with Crippen molar-refractivity contribution in [3.63, 3.8) is 0 Å². The van der Waals surface area contributed by atoms with E-state index in [0.29, 0.717) is 6.04 Å². The van der Waals surface area contributed by atoms with Gasteiger partial charge in [-0.15, -0.1) is 12.4 Å². The first-order valence-electron chi connectivity index (χ1n) is 7.20. The van der Waals surface area contributed by atoms with E-state index in [4.69, 9.17) is 0 Å². The van der Waals surface area contributed by atoms with E-state index >= 15 is 0 Å². The minimum absolute atomic E-state index is 0. The maximum absolute atomic E-state index is 11.2. The summed E-state index contributed by atoms with van der Waals surface area (Å²) < 4.78 is 0. The number of nitro benzene ring substituents is 1. The van der Waals surface area contributed by atoms with Crippen LogP contribution >= 0.6 is 12.4 Å². The van der Waals surface area contributed by atoms with E-state index in [9.17, 15) is 10.1 Å². The highest BCUT2D eigenvalue weighted by Crippen LogP contribution is 2.27. The number of hydrogen-bond donors (Lipinski definition) is 1. The summed E-state index contributed by atoms with van der Waals surface area (Å²) in [5.41, 5.74) is 2.09. The molecule has 1 atom stereocenters. The second-order valence-corrected chi connectivity index (χ2v) is 5.90. The number of nitrogens with zero attached hydrogens (tertiary/aromatic N) is 2. The third-order valence-electron chi connectivity index (χ3n) is 3.77. The topological polar surface area (TPSA) is 58.4 Å². The van der Waals surface area contributed by atoms with Crippen molar-refractivity contribution in [2.45, 2.75) is 39.3 Å². The van der Waals surface area contributed by atoms with Crippen LogP contribution in [0.4, 0.5) is 5.69 Å². The first-order chi connectivity index (χ1) is 9.47. The molecule has 6 heteroatoms. The van der Waals surface area contributed by atoms with Crippen molar-refractivity contribution < 1.29 is 4.92 Å². The van der Waals surface area contributed by atoms with E-state index in [1.54, 1.807) is 6.07 Å². The lowest BCUT2D eigenvalue weighted by Gasteiger charge is -2.31. The Labute approximate surface area is 132 Å². The molecule has 1 fully saturated rings. The minimum Gasteiger partial charge on any atom is -0.312 e. The number of nitro groups is 1. The Kier molecular flexibility index (Phi) is 6.58. The van der Waals surface area contributed by atoms with Gasteiger partial charge in [-0.2, -0.15) is 0 Å². The van der Waals surface area contributed by atoms with Gasteiger partial charge in [-0.05, 0) is 18.4 Å². The zero-order valence-corrected chi connectivity index (χ0v) is 13.7. The fourth-order valence-electron chi connectivity index (χ4n) is 2.75. The van der Waals surface area contributed by atoms with Crippen LogP contribution in [0.3, 0.4) is 0 Å². The number of halogens is 1. The van der Waals surface area contributed by atoms with Crippen LogP contribution in [0, 0.1) is 10.1 Å². The fourth-order valence-corrected chi connectivity index (χ4v) is 2.75. The molecule has 1 aromatic carbocycles. The van der Waals surface area contributed by atoms with Gasteiger partial charge in [0.25, 0.3) is 5.69 Å². The van der Waals surface area contributed by atoms with Crippen LogP contribution in [-0.2, 0) is 6.54 Å². The molecule has 0 aliphatic carbocycles. The maximum atomic E-state index is 11.2. The third-order valence-corrected chi connectivity index (χ3v) is 3.77. The van der Waals surface area contributed by atoms with E-state index in [1.807, 2.05) is 26.0 Å². The molecule has 0 unspecified atom stereocenters. The molecular weight excluding hydrogens is 290 g/mol. The number of rotatable bonds is 4. The average molecular weight is 314 g/mol. The molecule has 5 nitrogen and oxygen atoms in total. The summed E-state index contributed by atoms with van der Waals surface area (Å²) in [6.45, 7) is 9.87. The van der Waals surface area contributed by atoms with Crippen molar-refractivity contribution in [3.8, 4) is 0 Å². The zero-order chi connectivity index (χ0) is 14.7. The lowest BCUT2D eigenvalue weighted by molar-refractivity contribution is -0.385. The summed E-state index contributed by atoms with van der Waals surface area (Å²) in [4.78, 5) is 13.3. The Morgan fingerprint density at radius 3 is 2.76 bits per heavy atom. The Morgan fingerprint density at radius 1 is 1.48 bits per heavy atom. The van der Waals surface area contributed by atoms with Crippen LogP contribution in [0.25, 0.3) is 0 Å². The molecule has 0 aromatic heterocycles. The molecule has 0 saturated carbocycles. The van der Waals surface area contributed by atoms with Crippen molar-refractivity contribution in [1.29, 1.82) is 0 Å². The van der Waals surface area contributed by atoms with Gasteiger partial charge < -0.3 is 5.32 Å². The van der Waals surface area contributed by atoms with Crippen molar-refractivity contribution in [2.24, 2.45) is 0 Å². The lowest BCUT2D eigenvalue weighted by Crippen LogP contribution is -2.48. The van der Waals surface area contributed by atoms with Gasteiger partial charge in [0.15, 0.2) is 0 Å². The summed E-state index contributed by atoms with van der Waals surface area (Å²) in [6.07, 6.45) is 0. The molecule has 21 heavy (non-hydrogen) atoms. The lowest BCUT2D eigenvalue weighted by atomic mass is 9.99. The second kappa shape index (κ2) is 7.73. The highest BCUT2D eigenvalue weighted by Gasteiger charge is 2.19. The highest BCUT2D eigenvalue weighted by molar-refractivity contribution is 5.85. The second-order valence-electron chi connectivity index (χ2n) is 5.90. The van der Waals surface area contributed by atoms with Gasteiger partial charge in [0, 0.05) is 43.9 Å². The van der Waals surface area contributed by atoms with Gasteiger partial charge in [-0.1, -0.05) is 26.0 Å². The summed E-state index contributed by atoms with van der Waals surface area (Å²) >= 11 is 0. The third kappa shape index (κ3) is 4.66. The molecular formula is C15H24ClN3O2. The van der Waals surface area contributed by atoms with Crippen LogP contribution in [0.1, 0.15) is 37.8 Å². The van der Waals surface area contributed by atoms with Crippen molar-refractivity contribution in [1.82, 2.24) is 10.2 Å². The van der Waals surface area contributed by atoms with Crippen LogP contribution in [-0.4, -0.2) is 35.5 Å². The minimum atomic E-state index is -0.265. The molecule has 0 spiro atoms. The average Bonchev–Trinajstić information content (AvgIpc) is 2.38. The first-order valence-corrected chi connectivity index (χ1v) is 7.20. The molecule has 118 valence electrons. The predicted octanol–water partition coefficient (Wildman–Crippen LogP) is 2.93. The maximum Gasteiger partial charge on any atom is 0.273 e. The van der Waals surface area contributed by atoms with Gasteiger partial charge in [0.2, 0.25) is 0 Å². The summed E-state index contributed by atoms with van der Waals surface area (Å²) in [7, 11) is 0. The van der Waals surface area contributed by atoms with E-state index in [0.717, 1.165) is 37.3 Å². The van der Waals surface area contributed by atoms with Crippen LogP contribution in [0.2, 0.25) is 0 Å². The molecule has 1 N–H and O–H groups in total. The van der Waals surface area contributed by atoms with Gasteiger partial charge in [0.05, 0.1) is 4.92 Å². The molecule has 1 aromatic rings. The molecule has 1 saturated heterocycles. The Bertz CT molecular complexity index is 494. The van der Waals surface area contributed by atoms with Crippen LogP contribution < -0.4 is 5.32 Å².